The standard InChI is InChI=1S/C13H18ClFN2O/c1-8(2)9(3)17-13(18)7-16-12-5-10(14)4-11(15)6-12/h4-6,8-9,16H,7H2,1-3H3,(H,17,18). The maximum atomic E-state index is 13.0. The van der Waals surface area contributed by atoms with Crippen LogP contribution in [-0.2, 0) is 4.79 Å². The highest BCUT2D eigenvalue weighted by atomic mass is 35.5. The van der Waals surface area contributed by atoms with E-state index in [2.05, 4.69) is 10.6 Å². The van der Waals surface area contributed by atoms with Gasteiger partial charge in [0, 0.05) is 16.8 Å². The van der Waals surface area contributed by atoms with E-state index in [-0.39, 0.29) is 18.5 Å². The minimum Gasteiger partial charge on any atom is -0.376 e. The maximum Gasteiger partial charge on any atom is 0.239 e. The number of rotatable bonds is 5. The molecule has 0 radical (unpaired) electrons. The molecule has 1 aromatic rings. The van der Waals surface area contributed by atoms with Crippen LogP contribution in [0.15, 0.2) is 18.2 Å². The summed E-state index contributed by atoms with van der Waals surface area (Å²) in [4.78, 5) is 11.6. The van der Waals surface area contributed by atoms with E-state index in [0.717, 1.165) is 0 Å². The molecule has 0 heterocycles. The molecule has 1 rings (SSSR count). The lowest BCUT2D eigenvalue weighted by Crippen LogP contribution is -2.39. The van der Waals surface area contributed by atoms with Gasteiger partial charge in [-0.3, -0.25) is 4.79 Å². The Bertz CT molecular complexity index is 403. The van der Waals surface area contributed by atoms with Crippen molar-refractivity contribution in [2.75, 3.05) is 11.9 Å². The van der Waals surface area contributed by atoms with Gasteiger partial charge < -0.3 is 10.6 Å². The number of nitrogens with one attached hydrogen (secondary N) is 2. The van der Waals surface area contributed by atoms with Crippen molar-refractivity contribution in [3.8, 4) is 0 Å². The van der Waals surface area contributed by atoms with Crippen LogP contribution < -0.4 is 10.6 Å². The Hall–Kier alpha value is -1.29. The van der Waals surface area contributed by atoms with Crippen molar-refractivity contribution in [1.29, 1.82) is 0 Å². The van der Waals surface area contributed by atoms with Gasteiger partial charge in [0.15, 0.2) is 0 Å². The Kier molecular flexibility index (Phi) is 5.41. The molecule has 0 bridgehead atoms. The van der Waals surface area contributed by atoms with E-state index in [9.17, 15) is 9.18 Å². The zero-order chi connectivity index (χ0) is 13.7. The molecule has 0 spiro atoms. The van der Waals surface area contributed by atoms with E-state index < -0.39 is 5.82 Å². The number of halogens is 2. The second-order valence-corrected chi connectivity index (χ2v) is 5.05. The highest BCUT2D eigenvalue weighted by molar-refractivity contribution is 6.30. The maximum absolute atomic E-state index is 13.0. The number of amides is 1. The van der Waals surface area contributed by atoms with Crippen LogP contribution in [0.1, 0.15) is 20.8 Å². The Morgan fingerprint density at radius 2 is 2.00 bits per heavy atom. The van der Waals surface area contributed by atoms with Crippen LogP contribution >= 0.6 is 11.6 Å². The fraction of sp³-hybridized carbons (Fsp3) is 0.462. The lowest BCUT2D eigenvalue weighted by molar-refractivity contribution is -0.120. The zero-order valence-electron chi connectivity index (χ0n) is 10.8. The molecule has 0 saturated carbocycles. The van der Waals surface area contributed by atoms with Gasteiger partial charge in [-0.15, -0.1) is 0 Å². The average molecular weight is 273 g/mol. The summed E-state index contributed by atoms with van der Waals surface area (Å²) in [7, 11) is 0. The molecule has 1 aromatic carbocycles. The molecule has 0 aliphatic rings. The molecule has 1 amide bonds. The molecule has 18 heavy (non-hydrogen) atoms. The highest BCUT2D eigenvalue weighted by Crippen LogP contribution is 2.17. The van der Waals surface area contributed by atoms with Crippen LogP contribution in [0.3, 0.4) is 0 Å². The van der Waals surface area contributed by atoms with Gasteiger partial charge in [-0.2, -0.15) is 0 Å². The van der Waals surface area contributed by atoms with Crippen molar-refractivity contribution in [2.24, 2.45) is 5.92 Å². The molecule has 1 unspecified atom stereocenters. The number of hydrogen-bond acceptors (Lipinski definition) is 2. The predicted octanol–water partition coefficient (Wildman–Crippen LogP) is 3.05. The molecule has 2 N–H and O–H groups in total. The zero-order valence-corrected chi connectivity index (χ0v) is 11.5. The molecule has 0 aromatic heterocycles. The van der Waals surface area contributed by atoms with Gasteiger partial charge in [0.25, 0.3) is 0 Å². The molecule has 100 valence electrons. The monoisotopic (exact) mass is 272 g/mol. The molecular weight excluding hydrogens is 255 g/mol. The average Bonchev–Trinajstić information content (AvgIpc) is 2.25. The van der Waals surface area contributed by atoms with Crippen molar-refractivity contribution in [2.45, 2.75) is 26.8 Å². The molecule has 0 saturated heterocycles. The Morgan fingerprint density at radius 3 is 2.56 bits per heavy atom. The van der Waals surface area contributed by atoms with Crippen LogP contribution in [0.5, 0.6) is 0 Å². The summed E-state index contributed by atoms with van der Waals surface area (Å²) in [5, 5.41) is 5.98. The Morgan fingerprint density at radius 1 is 1.33 bits per heavy atom. The molecule has 0 fully saturated rings. The van der Waals surface area contributed by atoms with Crippen LogP contribution in [-0.4, -0.2) is 18.5 Å². The van der Waals surface area contributed by atoms with E-state index >= 15 is 0 Å². The van der Waals surface area contributed by atoms with Gasteiger partial charge in [-0.05, 0) is 31.0 Å². The summed E-state index contributed by atoms with van der Waals surface area (Å²) in [5.74, 6) is -0.185. The molecule has 3 nitrogen and oxygen atoms in total. The van der Waals surface area contributed by atoms with Gasteiger partial charge in [0.1, 0.15) is 5.82 Å². The third kappa shape index (κ3) is 4.92. The van der Waals surface area contributed by atoms with Crippen LogP contribution in [0.2, 0.25) is 5.02 Å². The third-order valence-electron chi connectivity index (χ3n) is 2.70. The topological polar surface area (TPSA) is 41.1 Å². The first-order chi connectivity index (χ1) is 8.38. The van der Waals surface area contributed by atoms with Gasteiger partial charge >= 0.3 is 0 Å². The molecule has 5 heteroatoms. The van der Waals surface area contributed by atoms with Gasteiger partial charge in [0.05, 0.1) is 6.54 Å². The SMILES string of the molecule is CC(C)C(C)NC(=O)CNc1cc(F)cc(Cl)c1. The summed E-state index contributed by atoms with van der Waals surface area (Å²) >= 11 is 5.71. The van der Waals surface area contributed by atoms with Crippen molar-refractivity contribution in [3.63, 3.8) is 0 Å². The summed E-state index contributed by atoms with van der Waals surface area (Å²) in [6.45, 7) is 6.11. The number of carbonyl (C=O) groups excluding carboxylic acids is 1. The van der Waals surface area contributed by atoms with Gasteiger partial charge in [-0.1, -0.05) is 25.4 Å². The summed E-state index contributed by atoms with van der Waals surface area (Å²) in [6.07, 6.45) is 0. The van der Waals surface area contributed by atoms with Crippen molar-refractivity contribution >= 4 is 23.2 Å². The minimum atomic E-state index is -0.430. The second-order valence-electron chi connectivity index (χ2n) is 4.61. The summed E-state index contributed by atoms with van der Waals surface area (Å²) in [6, 6.07) is 4.19. The van der Waals surface area contributed by atoms with E-state index in [1.54, 1.807) is 6.07 Å². The van der Waals surface area contributed by atoms with Gasteiger partial charge in [-0.25, -0.2) is 4.39 Å². The summed E-state index contributed by atoms with van der Waals surface area (Å²) < 4.78 is 13.0. The lowest BCUT2D eigenvalue weighted by Gasteiger charge is -2.17. The minimum absolute atomic E-state index is 0.0941. The first kappa shape index (κ1) is 14.8. The Labute approximate surface area is 112 Å². The normalized spacial score (nSPS) is 12.3. The van der Waals surface area contributed by atoms with Crippen molar-refractivity contribution in [3.05, 3.63) is 29.0 Å². The van der Waals surface area contributed by atoms with E-state index in [1.165, 1.54) is 12.1 Å². The number of hydrogen-bond donors (Lipinski definition) is 2. The summed E-state index contributed by atoms with van der Waals surface area (Å²) in [5.41, 5.74) is 0.493. The highest BCUT2D eigenvalue weighted by Gasteiger charge is 2.10. The van der Waals surface area contributed by atoms with Gasteiger partial charge in [0.2, 0.25) is 5.91 Å². The first-order valence-corrected chi connectivity index (χ1v) is 6.25. The quantitative estimate of drug-likeness (QED) is 0.865. The fourth-order valence-electron chi connectivity index (χ4n) is 1.31. The van der Waals surface area contributed by atoms with Crippen LogP contribution in [0.4, 0.5) is 10.1 Å². The third-order valence-corrected chi connectivity index (χ3v) is 2.92. The number of carbonyl (C=O) groups is 1. The number of benzene rings is 1. The molecule has 0 aliphatic carbocycles. The first-order valence-electron chi connectivity index (χ1n) is 5.88. The second kappa shape index (κ2) is 6.59. The van der Waals surface area contributed by atoms with Crippen molar-refractivity contribution in [1.82, 2.24) is 5.32 Å². The largest absolute Gasteiger partial charge is 0.376 e. The van der Waals surface area contributed by atoms with Crippen LogP contribution in [0, 0.1) is 11.7 Å². The Balaban J connectivity index is 2.47. The fourth-order valence-corrected chi connectivity index (χ4v) is 1.53. The molecular formula is C13H18ClFN2O. The van der Waals surface area contributed by atoms with E-state index in [4.69, 9.17) is 11.6 Å². The molecule has 0 aliphatic heterocycles. The van der Waals surface area contributed by atoms with Crippen LogP contribution in [0.25, 0.3) is 0 Å². The lowest BCUT2D eigenvalue weighted by atomic mass is 10.1. The van der Waals surface area contributed by atoms with Crippen molar-refractivity contribution < 1.29 is 9.18 Å². The van der Waals surface area contributed by atoms with E-state index in [1.807, 2.05) is 20.8 Å². The number of anilines is 1. The molecule has 1 atom stereocenters. The smallest absolute Gasteiger partial charge is 0.239 e. The predicted molar refractivity (Wildman–Crippen MR) is 72.3 cm³/mol. The van der Waals surface area contributed by atoms with E-state index in [0.29, 0.717) is 16.6 Å².